The van der Waals surface area contributed by atoms with Gasteiger partial charge < -0.3 is 10.1 Å². The molecule has 0 spiro atoms. The fraction of sp³-hybridized carbons (Fsp3) is 0.316. The maximum Gasteiger partial charge on any atom is 0.243 e. The molecule has 0 saturated heterocycles. The van der Waals surface area contributed by atoms with Gasteiger partial charge in [0, 0.05) is 11.6 Å². The van der Waals surface area contributed by atoms with Gasteiger partial charge in [-0.05, 0) is 55.3 Å². The Kier molecular flexibility index (Phi) is 7.10. The van der Waals surface area contributed by atoms with Crippen LogP contribution in [0.25, 0.3) is 0 Å². The number of nitrogens with zero attached hydrogens (tertiary/aromatic N) is 1. The molecule has 0 unspecified atom stereocenters. The maximum atomic E-state index is 12.5. The van der Waals surface area contributed by atoms with Gasteiger partial charge in [0.25, 0.3) is 0 Å². The molecular weight excluding hydrogens is 388 g/mol. The van der Waals surface area contributed by atoms with E-state index in [4.69, 9.17) is 16.3 Å². The van der Waals surface area contributed by atoms with E-state index in [0.29, 0.717) is 23.7 Å². The van der Waals surface area contributed by atoms with E-state index in [1.165, 1.54) is 0 Å². The minimum absolute atomic E-state index is 0.371. The molecule has 0 radical (unpaired) electrons. The number of carbonyl (C=O) groups excluding carboxylic acids is 1. The first-order valence-corrected chi connectivity index (χ1v) is 10.6. The summed E-state index contributed by atoms with van der Waals surface area (Å²) in [5.74, 6) is 0.395. The maximum absolute atomic E-state index is 12.5. The largest absolute Gasteiger partial charge is 0.497 e. The zero-order chi connectivity index (χ0) is 20.0. The first-order valence-electron chi connectivity index (χ1n) is 8.38. The fourth-order valence-electron chi connectivity index (χ4n) is 2.67. The smallest absolute Gasteiger partial charge is 0.243 e. The van der Waals surface area contributed by atoms with Gasteiger partial charge in [-0.25, -0.2) is 8.42 Å². The Morgan fingerprint density at radius 2 is 1.74 bits per heavy atom. The van der Waals surface area contributed by atoms with Crippen LogP contribution in [0, 0.1) is 0 Å². The van der Waals surface area contributed by atoms with E-state index in [2.05, 4.69) is 5.32 Å². The van der Waals surface area contributed by atoms with Crippen LogP contribution in [0.3, 0.4) is 0 Å². The lowest BCUT2D eigenvalue weighted by atomic mass is 10.1. The molecule has 0 bridgehead atoms. The molecule has 6 nitrogen and oxygen atoms in total. The second-order valence-electron chi connectivity index (χ2n) is 6.10. The Bertz CT molecular complexity index is 868. The van der Waals surface area contributed by atoms with Gasteiger partial charge in [-0.1, -0.05) is 23.7 Å². The third-order valence-electron chi connectivity index (χ3n) is 4.04. The molecule has 2 aromatic carbocycles. The second kappa shape index (κ2) is 9.10. The molecule has 0 heterocycles. The average Bonchev–Trinajstić information content (AvgIpc) is 2.63. The number of halogens is 1. The normalized spacial score (nSPS) is 12.3. The average molecular weight is 411 g/mol. The van der Waals surface area contributed by atoms with E-state index in [0.717, 1.165) is 21.9 Å². The molecule has 27 heavy (non-hydrogen) atoms. The number of sulfonamides is 1. The summed E-state index contributed by atoms with van der Waals surface area (Å²) in [6.07, 6.45) is 1.70. The number of nitrogens with one attached hydrogen (secondary N) is 1. The number of benzene rings is 2. The summed E-state index contributed by atoms with van der Waals surface area (Å²) in [7, 11) is -2.04. The number of carbonyl (C=O) groups is 1. The molecule has 1 amide bonds. The molecule has 2 rings (SSSR count). The van der Waals surface area contributed by atoms with Crippen LogP contribution in [-0.4, -0.2) is 40.3 Å². The molecule has 146 valence electrons. The van der Waals surface area contributed by atoms with Gasteiger partial charge in [-0.3, -0.25) is 9.10 Å². The van der Waals surface area contributed by atoms with Crippen molar-refractivity contribution < 1.29 is 17.9 Å². The van der Waals surface area contributed by atoms with Crippen LogP contribution < -0.4 is 14.4 Å². The molecule has 0 aliphatic rings. The number of hydrogen-bond donors (Lipinski definition) is 1. The highest BCUT2D eigenvalue weighted by molar-refractivity contribution is 7.92. The lowest BCUT2D eigenvalue weighted by Gasteiger charge is -2.28. The van der Waals surface area contributed by atoms with Gasteiger partial charge in [-0.2, -0.15) is 0 Å². The predicted octanol–water partition coefficient (Wildman–Crippen LogP) is 2.86. The van der Waals surface area contributed by atoms with Crippen LogP contribution in [-0.2, 0) is 21.2 Å². The summed E-state index contributed by atoms with van der Waals surface area (Å²) in [5.41, 5.74) is 1.43. The number of ether oxygens (including phenoxy) is 1. The van der Waals surface area contributed by atoms with Crippen molar-refractivity contribution >= 4 is 33.2 Å². The van der Waals surface area contributed by atoms with Crippen molar-refractivity contribution in [2.45, 2.75) is 19.4 Å². The van der Waals surface area contributed by atoms with E-state index in [9.17, 15) is 13.2 Å². The molecule has 1 atom stereocenters. The van der Waals surface area contributed by atoms with E-state index in [-0.39, 0.29) is 5.91 Å². The third-order valence-corrected chi connectivity index (χ3v) is 5.54. The summed E-state index contributed by atoms with van der Waals surface area (Å²) in [4.78, 5) is 12.5. The Morgan fingerprint density at radius 1 is 1.15 bits per heavy atom. The summed E-state index contributed by atoms with van der Waals surface area (Å²) >= 11 is 5.86. The Balaban J connectivity index is 2.02. The van der Waals surface area contributed by atoms with E-state index < -0.39 is 16.1 Å². The summed E-state index contributed by atoms with van der Waals surface area (Å²) in [6, 6.07) is 13.0. The topological polar surface area (TPSA) is 75.7 Å². The molecule has 0 saturated carbocycles. The summed E-state index contributed by atoms with van der Waals surface area (Å²) in [6.45, 7) is 1.95. The van der Waals surface area contributed by atoms with Crippen molar-refractivity contribution in [1.82, 2.24) is 5.32 Å². The van der Waals surface area contributed by atoms with Crippen molar-refractivity contribution in [3.05, 3.63) is 59.1 Å². The van der Waals surface area contributed by atoms with Crippen LogP contribution in [0.15, 0.2) is 48.5 Å². The third kappa shape index (κ3) is 5.87. The zero-order valence-corrected chi connectivity index (χ0v) is 17.0. The van der Waals surface area contributed by atoms with Gasteiger partial charge in [-0.15, -0.1) is 0 Å². The Labute approximate surface area is 165 Å². The van der Waals surface area contributed by atoms with Gasteiger partial charge in [0.2, 0.25) is 15.9 Å². The molecule has 0 aliphatic carbocycles. The van der Waals surface area contributed by atoms with Crippen LogP contribution in [0.2, 0.25) is 5.02 Å². The van der Waals surface area contributed by atoms with Crippen LogP contribution in [0.5, 0.6) is 5.75 Å². The minimum atomic E-state index is -3.64. The second-order valence-corrected chi connectivity index (χ2v) is 8.40. The molecular formula is C19H23ClN2O4S. The van der Waals surface area contributed by atoms with E-state index >= 15 is 0 Å². The Morgan fingerprint density at radius 3 is 2.26 bits per heavy atom. The first-order chi connectivity index (χ1) is 12.7. The van der Waals surface area contributed by atoms with Crippen molar-refractivity contribution in [2.75, 3.05) is 24.2 Å². The molecule has 1 N–H and O–H groups in total. The molecule has 2 aromatic rings. The number of hydrogen-bond acceptors (Lipinski definition) is 4. The molecule has 0 fully saturated rings. The number of amides is 1. The number of methoxy groups -OCH3 is 1. The van der Waals surface area contributed by atoms with E-state index in [1.807, 2.05) is 24.3 Å². The van der Waals surface area contributed by atoms with Crippen LogP contribution >= 0.6 is 11.6 Å². The molecule has 0 aliphatic heterocycles. The summed E-state index contributed by atoms with van der Waals surface area (Å²) < 4.78 is 30.6. The monoisotopic (exact) mass is 410 g/mol. The van der Waals surface area contributed by atoms with Crippen molar-refractivity contribution in [3.63, 3.8) is 0 Å². The lowest BCUT2D eigenvalue weighted by molar-refractivity contribution is -0.121. The SMILES string of the molecule is COc1ccc(CCNC(=O)[C@H](C)N(c2ccc(Cl)cc2)S(C)(=O)=O)cc1. The van der Waals surface area contributed by atoms with Crippen molar-refractivity contribution in [3.8, 4) is 5.75 Å². The highest BCUT2D eigenvalue weighted by atomic mass is 35.5. The predicted molar refractivity (Wildman–Crippen MR) is 108 cm³/mol. The number of anilines is 1. The van der Waals surface area contributed by atoms with Crippen molar-refractivity contribution in [1.29, 1.82) is 0 Å². The first kappa shape index (κ1) is 21.1. The Hall–Kier alpha value is -2.25. The number of rotatable bonds is 8. The fourth-order valence-corrected chi connectivity index (χ4v) is 3.97. The van der Waals surface area contributed by atoms with Gasteiger partial charge in [0.1, 0.15) is 11.8 Å². The standard InChI is InChI=1S/C19H23ClN2O4S/c1-14(22(27(3,24)25)17-8-6-16(20)7-9-17)19(23)21-13-12-15-4-10-18(26-2)11-5-15/h4-11,14H,12-13H2,1-3H3,(H,21,23)/t14-/m0/s1. The van der Waals surface area contributed by atoms with Crippen molar-refractivity contribution in [2.24, 2.45) is 0 Å². The van der Waals surface area contributed by atoms with Gasteiger partial charge >= 0.3 is 0 Å². The van der Waals surface area contributed by atoms with Crippen LogP contribution in [0.4, 0.5) is 5.69 Å². The molecule has 0 aromatic heterocycles. The van der Waals surface area contributed by atoms with Gasteiger partial charge in [0.05, 0.1) is 19.1 Å². The summed E-state index contributed by atoms with van der Waals surface area (Å²) in [5, 5.41) is 3.28. The highest BCUT2D eigenvalue weighted by Crippen LogP contribution is 2.23. The highest BCUT2D eigenvalue weighted by Gasteiger charge is 2.28. The lowest BCUT2D eigenvalue weighted by Crippen LogP contribution is -2.48. The van der Waals surface area contributed by atoms with E-state index in [1.54, 1.807) is 38.3 Å². The van der Waals surface area contributed by atoms with Crippen LogP contribution in [0.1, 0.15) is 12.5 Å². The molecule has 8 heteroatoms. The quantitative estimate of drug-likeness (QED) is 0.726. The zero-order valence-electron chi connectivity index (χ0n) is 15.5. The minimum Gasteiger partial charge on any atom is -0.497 e. The van der Waals surface area contributed by atoms with Gasteiger partial charge in [0.15, 0.2) is 0 Å².